The Morgan fingerprint density at radius 3 is 2.85 bits per heavy atom. The predicted molar refractivity (Wildman–Crippen MR) is 107 cm³/mol. The van der Waals surface area contributed by atoms with Crippen molar-refractivity contribution < 1.29 is 5.11 Å². The summed E-state index contributed by atoms with van der Waals surface area (Å²) in [7, 11) is 0. The fraction of sp³-hybridized carbons (Fsp3) is 0.190. The van der Waals surface area contributed by atoms with Crippen molar-refractivity contribution in [2.45, 2.75) is 19.3 Å². The van der Waals surface area contributed by atoms with Gasteiger partial charge in [-0.1, -0.05) is 11.6 Å². The lowest BCUT2D eigenvalue weighted by Crippen LogP contribution is -2.21. The van der Waals surface area contributed by atoms with Gasteiger partial charge >= 0.3 is 0 Å². The van der Waals surface area contributed by atoms with Crippen molar-refractivity contribution in [2.75, 3.05) is 11.4 Å². The Kier molecular flexibility index (Phi) is 3.83. The molecule has 0 saturated carbocycles. The molecule has 5 nitrogen and oxygen atoms in total. The monoisotopic (exact) mass is 376 g/mol. The number of hydrogen-bond acceptors (Lipinski definition) is 5. The summed E-state index contributed by atoms with van der Waals surface area (Å²) in [5.74, 6) is 1.67. The Hall–Kier alpha value is -2.92. The molecular weight excluding hydrogens is 360 g/mol. The van der Waals surface area contributed by atoms with E-state index in [-0.39, 0.29) is 5.75 Å². The summed E-state index contributed by atoms with van der Waals surface area (Å²) in [6, 6.07) is 9.06. The number of aromatic hydroxyl groups is 1. The zero-order chi connectivity index (χ0) is 18.4. The van der Waals surface area contributed by atoms with Gasteiger partial charge in [0.05, 0.1) is 5.52 Å². The molecule has 27 heavy (non-hydrogen) atoms. The highest BCUT2D eigenvalue weighted by Crippen LogP contribution is 2.40. The first-order chi connectivity index (χ1) is 13.2. The maximum atomic E-state index is 10.0. The number of fused-ring (bicyclic) bond motifs is 1. The van der Waals surface area contributed by atoms with E-state index >= 15 is 0 Å². The second-order valence-electron chi connectivity index (χ2n) is 6.78. The maximum Gasteiger partial charge on any atom is 0.163 e. The fourth-order valence-electron chi connectivity index (χ4n) is 3.80. The minimum absolute atomic E-state index is 0.210. The molecule has 0 bridgehead atoms. The van der Waals surface area contributed by atoms with E-state index in [1.165, 1.54) is 11.3 Å². The molecule has 2 aromatic heterocycles. The molecule has 3 aromatic rings. The zero-order valence-corrected chi connectivity index (χ0v) is 15.3. The van der Waals surface area contributed by atoms with Gasteiger partial charge in [-0.3, -0.25) is 4.98 Å². The SMILES string of the molecule is Oc1ccc2nc(-c3cccnc3)nc(N3CCC4=C3CCC(Cl)=C4)c2c1. The molecule has 0 fully saturated rings. The van der Waals surface area contributed by atoms with Crippen molar-refractivity contribution in [3.05, 3.63) is 65.1 Å². The summed E-state index contributed by atoms with van der Waals surface area (Å²) in [5.41, 5.74) is 4.21. The first-order valence-corrected chi connectivity index (χ1v) is 9.33. The number of halogens is 1. The Morgan fingerprint density at radius 1 is 1.07 bits per heavy atom. The number of allylic oxidation sites excluding steroid dienone is 3. The third-order valence-corrected chi connectivity index (χ3v) is 5.37. The number of pyridine rings is 1. The number of phenols is 1. The van der Waals surface area contributed by atoms with Crippen molar-refractivity contribution in [3.8, 4) is 17.1 Å². The third-order valence-electron chi connectivity index (χ3n) is 5.07. The second kappa shape index (κ2) is 6.35. The number of rotatable bonds is 2. The molecule has 0 unspecified atom stereocenters. The summed E-state index contributed by atoms with van der Waals surface area (Å²) in [6.07, 6.45) is 8.28. The van der Waals surface area contributed by atoms with Gasteiger partial charge < -0.3 is 10.0 Å². The Balaban J connectivity index is 1.72. The summed E-state index contributed by atoms with van der Waals surface area (Å²) in [4.78, 5) is 16.0. The molecule has 2 aliphatic rings. The van der Waals surface area contributed by atoms with Crippen LogP contribution in [-0.4, -0.2) is 26.6 Å². The van der Waals surface area contributed by atoms with Gasteiger partial charge in [0, 0.05) is 40.6 Å². The molecule has 3 heterocycles. The van der Waals surface area contributed by atoms with Gasteiger partial charge in [0.15, 0.2) is 5.82 Å². The molecule has 0 amide bonds. The van der Waals surface area contributed by atoms with Crippen LogP contribution in [0.25, 0.3) is 22.3 Å². The van der Waals surface area contributed by atoms with Gasteiger partial charge in [-0.05, 0) is 61.2 Å². The summed E-state index contributed by atoms with van der Waals surface area (Å²) in [5, 5.41) is 11.8. The standard InChI is InChI=1S/C21H17ClN4O/c22-15-3-6-19-13(10-15)7-9-26(19)21-17-11-16(27)4-5-18(17)24-20(25-21)14-2-1-8-23-12-14/h1-2,4-5,8,10-12,27H,3,6-7,9H2. The van der Waals surface area contributed by atoms with Crippen molar-refractivity contribution >= 4 is 28.3 Å². The summed E-state index contributed by atoms with van der Waals surface area (Å²) < 4.78 is 0. The van der Waals surface area contributed by atoms with Crippen LogP contribution in [0.15, 0.2) is 65.1 Å². The first kappa shape index (κ1) is 16.3. The van der Waals surface area contributed by atoms with E-state index in [1.54, 1.807) is 24.5 Å². The van der Waals surface area contributed by atoms with Crippen LogP contribution in [0.4, 0.5) is 5.82 Å². The van der Waals surface area contributed by atoms with Crippen LogP contribution in [-0.2, 0) is 0 Å². The zero-order valence-electron chi connectivity index (χ0n) is 14.6. The molecule has 1 aliphatic carbocycles. The number of benzene rings is 1. The quantitative estimate of drug-likeness (QED) is 0.697. The highest BCUT2D eigenvalue weighted by atomic mass is 35.5. The van der Waals surface area contributed by atoms with Crippen LogP contribution >= 0.6 is 11.6 Å². The van der Waals surface area contributed by atoms with E-state index < -0.39 is 0 Å². The molecule has 1 aliphatic heterocycles. The number of hydrogen-bond donors (Lipinski definition) is 1. The Bertz CT molecular complexity index is 1110. The molecule has 0 spiro atoms. The highest BCUT2D eigenvalue weighted by Gasteiger charge is 2.28. The van der Waals surface area contributed by atoms with Gasteiger partial charge in [0.2, 0.25) is 0 Å². The fourth-order valence-corrected chi connectivity index (χ4v) is 4.02. The normalized spacial score (nSPS) is 16.6. The molecule has 5 rings (SSSR count). The minimum Gasteiger partial charge on any atom is -0.508 e. The second-order valence-corrected chi connectivity index (χ2v) is 7.26. The number of phenolic OH excluding ortho intramolecular Hbond substituents is 1. The topological polar surface area (TPSA) is 62.1 Å². The number of nitrogens with zero attached hydrogens (tertiary/aromatic N) is 4. The van der Waals surface area contributed by atoms with E-state index in [1.807, 2.05) is 18.2 Å². The van der Waals surface area contributed by atoms with Gasteiger partial charge in [-0.15, -0.1) is 0 Å². The Labute approximate surface area is 161 Å². The number of anilines is 1. The third kappa shape index (κ3) is 2.84. The van der Waals surface area contributed by atoms with Crippen LogP contribution < -0.4 is 4.90 Å². The van der Waals surface area contributed by atoms with Crippen LogP contribution in [0.3, 0.4) is 0 Å². The molecule has 1 N–H and O–H groups in total. The van der Waals surface area contributed by atoms with Gasteiger partial charge in [0.25, 0.3) is 0 Å². The van der Waals surface area contributed by atoms with E-state index in [0.29, 0.717) is 5.82 Å². The van der Waals surface area contributed by atoms with Crippen LogP contribution in [0.1, 0.15) is 19.3 Å². The van der Waals surface area contributed by atoms with E-state index in [2.05, 4.69) is 16.0 Å². The smallest absolute Gasteiger partial charge is 0.163 e. The van der Waals surface area contributed by atoms with Gasteiger partial charge in [-0.25, -0.2) is 9.97 Å². The van der Waals surface area contributed by atoms with Crippen molar-refractivity contribution in [1.29, 1.82) is 0 Å². The molecule has 6 heteroatoms. The van der Waals surface area contributed by atoms with Crippen LogP contribution in [0.5, 0.6) is 5.75 Å². The van der Waals surface area contributed by atoms with Gasteiger partial charge in [-0.2, -0.15) is 0 Å². The van der Waals surface area contributed by atoms with Crippen LogP contribution in [0, 0.1) is 0 Å². The lowest BCUT2D eigenvalue weighted by atomic mass is 10.0. The van der Waals surface area contributed by atoms with Crippen molar-refractivity contribution in [2.24, 2.45) is 0 Å². The summed E-state index contributed by atoms with van der Waals surface area (Å²) >= 11 is 6.24. The minimum atomic E-state index is 0.210. The lowest BCUT2D eigenvalue weighted by molar-refractivity contribution is 0.476. The van der Waals surface area contributed by atoms with E-state index in [0.717, 1.165) is 53.1 Å². The van der Waals surface area contributed by atoms with Crippen LogP contribution in [0.2, 0.25) is 0 Å². The molecule has 0 saturated heterocycles. The van der Waals surface area contributed by atoms with Crippen molar-refractivity contribution in [1.82, 2.24) is 15.0 Å². The van der Waals surface area contributed by atoms with E-state index in [9.17, 15) is 5.11 Å². The predicted octanol–water partition coefficient (Wildman–Crippen LogP) is 4.78. The highest BCUT2D eigenvalue weighted by molar-refractivity contribution is 6.29. The Morgan fingerprint density at radius 2 is 2.00 bits per heavy atom. The largest absolute Gasteiger partial charge is 0.508 e. The van der Waals surface area contributed by atoms with Gasteiger partial charge in [0.1, 0.15) is 11.6 Å². The molecule has 0 radical (unpaired) electrons. The molecule has 0 atom stereocenters. The van der Waals surface area contributed by atoms with Crippen molar-refractivity contribution in [3.63, 3.8) is 0 Å². The molecule has 1 aromatic carbocycles. The molecule has 134 valence electrons. The van der Waals surface area contributed by atoms with E-state index in [4.69, 9.17) is 21.6 Å². The summed E-state index contributed by atoms with van der Waals surface area (Å²) in [6.45, 7) is 0.847. The maximum absolute atomic E-state index is 10.0. The average molecular weight is 377 g/mol. The lowest BCUT2D eigenvalue weighted by Gasteiger charge is -2.25. The molecular formula is C21H17ClN4O. The first-order valence-electron chi connectivity index (χ1n) is 8.96. The average Bonchev–Trinajstić information content (AvgIpc) is 3.10. The number of aromatic nitrogens is 3.